The highest BCUT2D eigenvalue weighted by atomic mass is 16.5. The van der Waals surface area contributed by atoms with E-state index in [1.165, 1.54) is 5.56 Å². The van der Waals surface area contributed by atoms with Gasteiger partial charge in [0.15, 0.2) is 5.96 Å². The van der Waals surface area contributed by atoms with E-state index in [0.29, 0.717) is 30.3 Å². The van der Waals surface area contributed by atoms with Crippen LogP contribution in [0, 0.1) is 12.3 Å². The molecule has 0 spiro atoms. The normalized spacial score (nSPS) is 15.1. The summed E-state index contributed by atoms with van der Waals surface area (Å²) in [4.78, 5) is 16.5. The molecule has 0 saturated carbocycles. The average Bonchev–Trinajstić information content (AvgIpc) is 3.13. The molecule has 1 heterocycles. The number of carbonyl (C=O) groups is 1. The summed E-state index contributed by atoms with van der Waals surface area (Å²) < 4.78 is 5.92. The second kappa shape index (κ2) is 9.47. The third-order valence-electron chi connectivity index (χ3n) is 4.25. The number of fused-ring (bicyclic) bond motifs is 1. The Hall–Kier alpha value is -3.46. The number of hydrogen-bond donors (Lipinski definition) is 3. The van der Waals surface area contributed by atoms with E-state index in [-0.39, 0.29) is 18.6 Å². The van der Waals surface area contributed by atoms with Gasteiger partial charge in [0.2, 0.25) is 5.91 Å². The minimum atomic E-state index is -0.212. The van der Waals surface area contributed by atoms with Crippen molar-refractivity contribution in [3.8, 4) is 18.1 Å². The summed E-state index contributed by atoms with van der Waals surface area (Å²) in [5.41, 5.74) is 2.59. The lowest BCUT2D eigenvalue weighted by atomic mass is 10.1. The number of nitrogens with zero attached hydrogens (tertiary/aromatic N) is 1. The molecule has 0 bridgehead atoms. The van der Waals surface area contributed by atoms with Gasteiger partial charge in [-0.05, 0) is 36.8 Å². The van der Waals surface area contributed by atoms with E-state index in [9.17, 15) is 4.79 Å². The lowest BCUT2D eigenvalue weighted by Gasteiger charge is -2.15. The predicted molar refractivity (Wildman–Crippen MR) is 112 cm³/mol. The van der Waals surface area contributed by atoms with Crippen molar-refractivity contribution >= 4 is 17.6 Å². The van der Waals surface area contributed by atoms with Crippen LogP contribution in [0.15, 0.2) is 53.5 Å². The van der Waals surface area contributed by atoms with Crippen molar-refractivity contribution in [2.45, 2.75) is 19.4 Å². The Kier molecular flexibility index (Phi) is 6.53. The van der Waals surface area contributed by atoms with Crippen molar-refractivity contribution in [1.29, 1.82) is 0 Å². The first-order valence-electron chi connectivity index (χ1n) is 9.31. The zero-order valence-corrected chi connectivity index (χ0v) is 15.9. The van der Waals surface area contributed by atoms with Crippen LogP contribution >= 0.6 is 0 Å². The molecule has 2 aromatic rings. The number of amides is 1. The van der Waals surface area contributed by atoms with Gasteiger partial charge in [0.1, 0.15) is 18.4 Å². The molecular formula is C22H24N4O2. The van der Waals surface area contributed by atoms with Crippen LogP contribution in [0.1, 0.15) is 18.1 Å². The maximum Gasteiger partial charge on any atom is 0.246 e. The first kappa shape index (κ1) is 19.3. The fourth-order valence-electron chi connectivity index (χ4n) is 2.96. The third-order valence-corrected chi connectivity index (χ3v) is 4.25. The molecule has 2 aromatic carbocycles. The highest BCUT2D eigenvalue weighted by Crippen LogP contribution is 2.27. The molecule has 1 atom stereocenters. The lowest BCUT2D eigenvalue weighted by molar-refractivity contribution is -0.114. The monoisotopic (exact) mass is 376 g/mol. The number of ether oxygens (including phenoxy) is 1. The van der Waals surface area contributed by atoms with Crippen molar-refractivity contribution in [1.82, 2.24) is 10.6 Å². The van der Waals surface area contributed by atoms with E-state index in [4.69, 9.17) is 11.2 Å². The minimum absolute atomic E-state index is 0.00135. The number of hydrogen-bond acceptors (Lipinski definition) is 3. The average molecular weight is 376 g/mol. The Morgan fingerprint density at radius 2 is 2.11 bits per heavy atom. The van der Waals surface area contributed by atoms with E-state index in [1.807, 2.05) is 31.2 Å². The van der Waals surface area contributed by atoms with Crippen molar-refractivity contribution in [3.63, 3.8) is 0 Å². The number of benzene rings is 2. The van der Waals surface area contributed by atoms with Gasteiger partial charge in [0.25, 0.3) is 0 Å². The third kappa shape index (κ3) is 5.27. The highest BCUT2D eigenvalue weighted by molar-refractivity contribution is 5.94. The zero-order chi connectivity index (χ0) is 19.8. The first-order chi connectivity index (χ1) is 13.7. The standard InChI is InChI=1S/C22H24N4O2/c1-3-16-8-7-10-18(12-16)26-21(27)15-25-22(23-4-2)24-14-19-13-17-9-5-6-11-20(17)28-19/h1,5-12,19H,4,13-15H2,2H3,(H,26,27)(H2,23,24,25). The fourth-order valence-corrected chi connectivity index (χ4v) is 2.96. The Morgan fingerprint density at radius 3 is 2.89 bits per heavy atom. The molecular weight excluding hydrogens is 352 g/mol. The molecule has 6 heteroatoms. The molecule has 0 fully saturated rings. The largest absolute Gasteiger partial charge is 0.488 e. The second-order valence-corrected chi connectivity index (χ2v) is 6.40. The Morgan fingerprint density at radius 1 is 1.25 bits per heavy atom. The van der Waals surface area contributed by atoms with E-state index >= 15 is 0 Å². The highest BCUT2D eigenvalue weighted by Gasteiger charge is 2.22. The maximum atomic E-state index is 12.2. The fraction of sp³-hybridized carbons (Fsp3) is 0.273. The van der Waals surface area contributed by atoms with Gasteiger partial charge in [-0.3, -0.25) is 4.79 Å². The van der Waals surface area contributed by atoms with Crippen LogP contribution in [0.3, 0.4) is 0 Å². The van der Waals surface area contributed by atoms with Crippen LogP contribution in [0.2, 0.25) is 0 Å². The van der Waals surface area contributed by atoms with Crippen molar-refractivity contribution in [3.05, 3.63) is 59.7 Å². The number of terminal acetylenes is 1. The van der Waals surface area contributed by atoms with E-state index < -0.39 is 0 Å². The SMILES string of the molecule is C#Cc1cccc(NC(=O)CN=C(NCC)NCC2Cc3ccccc3O2)c1. The van der Waals surface area contributed by atoms with E-state index in [0.717, 1.165) is 12.2 Å². The summed E-state index contributed by atoms with van der Waals surface area (Å²) in [6.45, 7) is 3.28. The zero-order valence-electron chi connectivity index (χ0n) is 15.9. The molecule has 144 valence electrons. The summed E-state index contributed by atoms with van der Waals surface area (Å²) in [5, 5.41) is 9.19. The lowest BCUT2D eigenvalue weighted by Crippen LogP contribution is -2.42. The van der Waals surface area contributed by atoms with Crippen LogP contribution in [0.4, 0.5) is 5.69 Å². The van der Waals surface area contributed by atoms with Gasteiger partial charge in [-0.2, -0.15) is 0 Å². The van der Waals surface area contributed by atoms with Gasteiger partial charge in [-0.15, -0.1) is 6.42 Å². The molecule has 3 rings (SSSR count). The van der Waals surface area contributed by atoms with Crippen molar-refractivity contribution in [2.75, 3.05) is 25.0 Å². The summed E-state index contributed by atoms with van der Waals surface area (Å²) >= 11 is 0. The molecule has 6 nitrogen and oxygen atoms in total. The Labute approximate surface area is 165 Å². The number of nitrogens with one attached hydrogen (secondary N) is 3. The maximum absolute atomic E-state index is 12.2. The quantitative estimate of drug-likeness (QED) is 0.410. The predicted octanol–water partition coefficient (Wildman–Crippen LogP) is 2.17. The van der Waals surface area contributed by atoms with Crippen LogP contribution in [0.25, 0.3) is 0 Å². The van der Waals surface area contributed by atoms with Gasteiger partial charge in [-0.25, -0.2) is 4.99 Å². The number of anilines is 1. The summed E-state index contributed by atoms with van der Waals surface area (Å²) in [6.07, 6.45) is 6.28. The van der Waals surface area contributed by atoms with Crippen LogP contribution in [-0.2, 0) is 11.2 Å². The van der Waals surface area contributed by atoms with Gasteiger partial charge >= 0.3 is 0 Å². The molecule has 3 N–H and O–H groups in total. The molecule has 0 aromatic heterocycles. The molecule has 0 saturated heterocycles. The van der Waals surface area contributed by atoms with Gasteiger partial charge in [0, 0.05) is 24.2 Å². The van der Waals surface area contributed by atoms with Gasteiger partial charge < -0.3 is 20.7 Å². The second-order valence-electron chi connectivity index (χ2n) is 6.40. The van der Waals surface area contributed by atoms with Gasteiger partial charge in [-0.1, -0.05) is 30.2 Å². The molecule has 1 aliphatic heterocycles. The number of aliphatic imine (C=N–C) groups is 1. The Balaban J connectivity index is 1.51. The van der Waals surface area contributed by atoms with Crippen molar-refractivity contribution in [2.24, 2.45) is 4.99 Å². The summed E-state index contributed by atoms with van der Waals surface area (Å²) in [7, 11) is 0. The molecule has 0 aliphatic carbocycles. The number of carbonyl (C=O) groups excluding carboxylic acids is 1. The molecule has 28 heavy (non-hydrogen) atoms. The number of para-hydroxylation sites is 1. The number of guanidine groups is 1. The summed E-state index contributed by atoms with van der Waals surface area (Å²) in [5.74, 6) is 3.85. The number of rotatable bonds is 6. The first-order valence-corrected chi connectivity index (χ1v) is 9.31. The van der Waals surface area contributed by atoms with Crippen molar-refractivity contribution < 1.29 is 9.53 Å². The van der Waals surface area contributed by atoms with E-state index in [2.05, 4.69) is 32.9 Å². The molecule has 1 unspecified atom stereocenters. The van der Waals surface area contributed by atoms with Crippen LogP contribution in [0.5, 0.6) is 5.75 Å². The molecule has 1 amide bonds. The van der Waals surface area contributed by atoms with Crippen LogP contribution in [-0.4, -0.2) is 37.6 Å². The summed E-state index contributed by atoms with van der Waals surface area (Å²) in [6, 6.07) is 15.2. The van der Waals surface area contributed by atoms with E-state index in [1.54, 1.807) is 18.2 Å². The Bertz CT molecular complexity index is 876. The molecule has 0 radical (unpaired) electrons. The van der Waals surface area contributed by atoms with Gasteiger partial charge in [0.05, 0.1) is 6.54 Å². The molecule has 1 aliphatic rings. The minimum Gasteiger partial charge on any atom is -0.488 e. The smallest absolute Gasteiger partial charge is 0.246 e. The topological polar surface area (TPSA) is 74.8 Å². The van der Waals surface area contributed by atoms with Crippen LogP contribution < -0.4 is 20.7 Å².